The number of likely N-dealkylation sites (tertiary alicyclic amines) is 1. The Bertz CT molecular complexity index is 1790. The second-order valence-electron chi connectivity index (χ2n) is 13.2. The van der Waals surface area contributed by atoms with Crippen LogP contribution in [0, 0.1) is 0 Å². The summed E-state index contributed by atoms with van der Waals surface area (Å²) < 4.78 is 37.0. The first kappa shape index (κ1) is 36.0. The number of amides is 1. The van der Waals surface area contributed by atoms with Crippen LogP contribution in [-0.4, -0.2) is 95.8 Å². The zero-order valence-electron chi connectivity index (χ0n) is 28.6. The molecule has 3 aromatic carbocycles. The lowest BCUT2D eigenvalue weighted by Crippen LogP contribution is -2.42. The second-order valence-corrected chi connectivity index (χ2v) is 15.1. The molecule has 2 aliphatic rings. The molecule has 2 saturated heterocycles. The minimum Gasteiger partial charge on any atom is -0.387 e. The number of aliphatic hydroxyl groups excluding tert-OH is 2. The van der Waals surface area contributed by atoms with Crippen molar-refractivity contribution in [1.29, 1.82) is 0 Å². The summed E-state index contributed by atoms with van der Waals surface area (Å²) in [6.07, 6.45) is -0.370. The van der Waals surface area contributed by atoms with Gasteiger partial charge in [0.05, 0.1) is 23.3 Å². The van der Waals surface area contributed by atoms with Crippen LogP contribution in [0.25, 0.3) is 11.0 Å². The van der Waals surface area contributed by atoms with Crippen molar-refractivity contribution in [2.24, 2.45) is 0 Å². The number of ether oxygens (including phenoxy) is 1. The molecule has 1 aromatic heterocycles. The van der Waals surface area contributed by atoms with E-state index in [9.17, 15) is 23.4 Å². The number of benzene rings is 3. The molecule has 1 amide bonds. The Balaban J connectivity index is 1.33. The number of fused-ring (bicyclic) bond motifs is 1. The van der Waals surface area contributed by atoms with Crippen molar-refractivity contribution in [3.8, 4) is 0 Å². The van der Waals surface area contributed by atoms with E-state index >= 15 is 0 Å². The van der Waals surface area contributed by atoms with Crippen LogP contribution in [0.4, 0.5) is 5.69 Å². The highest BCUT2D eigenvalue weighted by atomic mass is 32.2. The number of imidazole rings is 1. The topological polar surface area (TPSA) is 158 Å². The fourth-order valence-corrected chi connectivity index (χ4v) is 8.25. The quantitative estimate of drug-likeness (QED) is 0.133. The number of aromatic nitrogens is 2. The lowest BCUT2D eigenvalue weighted by atomic mass is 9.91. The zero-order chi connectivity index (χ0) is 35.3. The van der Waals surface area contributed by atoms with Crippen LogP contribution in [0.2, 0.25) is 0 Å². The Kier molecular flexibility index (Phi) is 11.5. The van der Waals surface area contributed by atoms with Crippen LogP contribution >= 0.6 is 0 Å². The third kappa shape index (κ3) is 8.20. The molecule has 3 heterocycles. The standard InChI is InChI=1S/C37H48N6O6S/c1-3-38-36(46)35-33(44)34(45)37(49-35)43-24-40-32-30(39-23-29(26-13-7-4-8-14-26)27-15-9-5-10-16-27)21-28(22-31(32)43)25(2)41-50(47,48)20-19-42-17-11-6-12-18-42/h4-5,7-10,13-16,21-22,24-25,29,33-35,37,39,41,44-45H,3,6,11-12,17-20,23H2,1-2H3,(H,38,46)/t25?,33-,34+,35-,37+/m0/s1. The Morgan fingerprint density at radius 1 is 0.960 bits per heavy atom. The molecule has 5 N–H and O–H groups in total. The van der Waals surface area contributed by atoms with E-state index in [1.165, 1.54) is 12.7 Å². The summed E-state index contributed by atoms with van der Waals surface area (Å²) in [7, 11) is -3.62. The molecule has 6 rings (SSSR count). The number of rotatable bonds is 14. The Labute approximate surface area is 293 Å². The third-order valence-electron chi connectivity index (χ3n) is 9.71. The van der Waals surface area contributed by atoms with Gasteiger partial charge in [-0.25, -0.2) is 18.1 Å². The molecule has 13 heteroatoms. The molecule has 268 valence electrons. The summed E-state index contributed by atoms with van der Waals surface area (Å²) in [5.41, 5.74) is 4.72. The minimum absolute atomic E-state index is 0.000335. The van der Waals surface area contributed by atoms with E-state index in [4.69, 9.17) is 9.72 Å². The molecule has 0 radical (unpaired) electrons. The van der Waals surface area contributed by atoms with Crippen molar-refractivity contribution in [3.63, 3.8) is 0 Å². The Morgan fingerprint density at radius 3 is 2.26 bits per heavy atom. The molecule has 0 spiro atoms. The van der Waals surface area contributed by atoms with Gasteiger partial charge in [-0.2, -0.15) is 0 Å². The van der Waals surface area contributed by atoms with E-state index in [0.717, 1.165) is 37.1 Å². The van der Waals surface area contributed by atoms with Gasteiger partial charge in [-0.3, -0.25) is 4.79 Å². The van der Waals surface area contributed by atoms with Crippen LogP contribution in [0.15, 0.2) is 79.1 Å². The largest absolute Gasteiger partial charge is 0.387 e. The van der Waals surface area contributed by atoms with Crippen LogP contribution < -0.4 is 15.4 Å². The van der Waals surface area contributed by atoms with E-state index in [1.54, 1.807) is 18.4 Å². The summed E-state index contributed by atoms with van der Waals surface area (Å²) >= 11 is 0. The molecule has 0 bridgehead atoms. The smallest absolute Gasteiger partial charge is 0.252 e. The van der Waals surface area contributed by atoms with Crippen molar-refractivity contribution in [1.82, 2.24) is 24.5 Å². The van der Waals surface area contributed by atoms with Crippen LogP contribution in [-0.2, 0) is 19.6 Å². The first-order valence-electron chi connectivity index (χ1n) is 17.5. The highest BCUT2D eigenvalue weighted by molar-refractivity contribution is 7.89. The van der Waals surface area contributed by atoms with Gasteiger partial charge in [0.1, 0.15) is 17.7 Å². The maximum absolute atomic E-state index is 13.3. The van der Waals surface area contributed by atoms with Crippen molar-refractivity contribution in [2.75, 3.05) is 43.8 Å². The number of nitrogens with zero attached hydrogens (tertiary/aromatic N) is 3. The average Bonchev–Trinajstić information content (AvgIpc) is 3.68. The third-order valence-corrected chi connectivity index (χ3v) is 11.1. The van der Waals surface area contributed by atoms with Gasteiger partial charge in [-0.05, 0) is 68.6 Å². The van der Waals surface area contributed by atoms with E-state index in [1.807, 2.05) is 48.5 Å². The maximum atomic E-state index is 13.3. The van der Waals surface area contributed by atoms with Gasteiger partial charge in [0.2, 0.25) is 10.0 Å². The number of aliphatic hydroxyl groups is 2. The van der Waals surface area contributed by atoms with Gasteiger partial charge in [0.25, 0.3) is 5.91 Å². The number of nitrogens with one attached hydrogen (secondary N) is 3. The van der Waals surface area contributed by atoms with E-state index in [-0.39, 0.29) is 11.7 Å². The molecule has 0 saturated carbocycles. The number of carbonyl (C=O) groups excluding carboxylic acids is 1. The van der Waals surface area contributed by atoms with Crippen LogP contribution in [0.3, 0.4) is 0 Å². The molecular weight excluding hydrogens is 657 g/mol. The van der Waals surface area contributed by atoms with Gasteiger partial charge >= 0.3 is 0 Å². The van der Waals surface area contributed by atoms with E-state index < -0.39 is 46.5 Å². The zero-order valence-corrected chi connectivity index (χ0v) is 29.4. The Morgan fingerprint density at radius 2 is 1.62 bits per heavy atom. The number of piperidine rings is 1. The van der Waals surface area contributed by atoms with Gasteiger partial charge in [-0.1, -0.05) is 67.1 Å². The number of hydrogen-bond donors (Lipinski definition) is 5. The molecule has 12 nitrogen and oxygen atoms in total. The number of hydrogen-bond acceptors (Lipinski definition) is 9. The fraction of sp³-hybridized carbons (Fsp3) is 0.459. The maximum Gasteiger partial charge on any atom is 0.252 e. The second kappa shape index (κ2) is 16.0. The SMILES string of the molecule is CCNC(=O)[C@H]1O[C@@H](n2cnc3c(NCC(c4ccccc4)c4ccccc4)cc(C(C)NS(=O)(=O)CCN4CCCCC4)cc32)[C@H](O)[C@@H]1O. The number of carbonyl (C=O) groups is 1. The predicted octanol–water partition coefficient (Wildman–Crippen LogP) is 3.50. The number of likely N-dealkylation sites (N-methyl/N-ethyl adjacent to an activating group) is 1. The Hall–Kier alpha value is -3.85. The van der Waals surface area contributed by atoms with Gasteiger partial charge < -0.3 is 35.1 Å². The van der Waals surface area contributed by atoms with Gasteiger partial charge in [0.15, 0.2) is 12.3 Å². The van der Waals surface area contributed by atoms with Crippen LogP contribution in [0.5, 0.6) is 0 Å². The van der Waals surface area contributed by atoms with Crippen LogP contribution in [0.1, 0.15) is 68.0 Å². The van der Waals surface area contributed by atoms with Crippen molar-refractivity contribution in [2.45, 2.75) is 69.6 Å². The molecule has 0 aliphatic carbocycles. The summed E-state index contributed by atoms with van der Waals surface area (Å²) in [5.74, 6) is -0.522. The minimum atomic E-state index is -3.62. The number of anilines is 1. The predicted molar refractivity (Wildman–Crippen MR) is 193 cm³/mol. The summed E-state index contributed by atoms with van der Waals surface area (Å²) in [5, 5.41) is 28.1. The highest BCUT2D eigenvalue weighted by Crippen LogP contribution is 2.36. The molecule has 4 aromatic rings. The molecule has 2 aliphatic heterocycles. The monoisotopic (exact) mass is 704 g/mol. The lowest BCUT2D eigenvalue weighted by molar-refractivity contribution is -0.137. The summed E-state index contributed by atoms with van der Waals surface area (Å²) in [6, 6.07) is 23.5. The molecule has 1 unspecified atom stereocenters. The summed E-state index contributed by atoms with van der Waals surface area (Å²) in [4.78, 5) is 19.5. The fourth-order valence-electron chi connectivity index (χ4n) is 6.96. The first-order valence-corrected chi connectivity index (χ1v) is 19.2. The molecule has 2 fully saturated rings. The van der Waals surface area contributed by atoms with Crippen molar-refractivity contribution < 1.29 is 28.2 Å². The van der Waals surface area contributed by atoms with E-state index in [0.29, 0.717) is 41.9 Å². The van der Waals surface area contributed by atoms with E-state index in [2.05, 4.69) is 44.5 Å². The van der Waals surface area contributed by atoms with Gasteiger partial charge in [0, 0.05) is 31.6 Å². The molecule has 50 heavy (non-hydrogen) atoms. The molecule has 5 atom stereocenters. The highest BCUT2D eigenvalue weighted by Gasteiger charge is 2.47. The van der Waals surface area contributed by atoms with Crippen molar-refractivity contribution in [3.05, 3.63) is 95.8 Å². The van der Waals surface area contributed by atoms with Gasteiger partial charge in [-0.15, -0.1) is 0 Å². The average molecular weight is 705 g/mol. The molecular formula is C37H48N6O6S. The van der Waals surface area contributed by atoms with Crippen molar-refractivity contribution >= 4 is 32.7 Å². The first-order chi connectivity index (χ1) is 24.1. The summed E-state index contributed by atoms with van der Waals surface area (Å²) in [6.45, 7) is 6.73. The number of sulfonamides is 1. The lowest BCUT2D eigenvalue weighted by Gasteiger charge is -2.26. The normalized spacial score (nSPS) is 22.2.